The van der Waals surface area contributed by atoms with Crippen molar-refractivity contribution in [3.63, 3.8) is 0 Å². The van der Waals surface area contributed by atoms with Gasteiger partial charge in [0.05, 0.1) is 5.57 Å². The average molecular weight is 440 g/mol. The summed E-state index contributed by atoms with van der Waals surface area (Å²) >= 11 is 6.13. The molecule has 2 aromatic rings. The number of nitrogens with zero attached hydrogens (tertiary/aromatic N) is 1. The first-order valence-corrected chi connectivity index (χ1v) is 9.99. The molecular formula is C23H22ClN3O4. The lowest BCUT2D eigenvalue weighted by Crippen LogP contribution is -2.50. The van der Waals surface area contributed by atoms with E-state index in [9.17, 15) is 14.4 Å². The van der Waals surface area contributed by atoms with Crippen LogP contribution >= 0.6 is 11.6 Å². The highest BCUT2D eigenvalue weighted by Gasteiger charge is 2.40. The highest BCUT2D eigenvalue weighted by molar-refractivity contribution is 6.30. The summed E-state index contributed by atoms with van der Waals surface area (Å²) < 4.78 is 0. The fourth-order valence-corrected chi connectivity index (χ4v) is 3.43. The smallest absolute Gasteiger partial charge is 0.349 e. The van der Waals surface area contributed by atoms with Gasteiger partial charge in [-0.15, -0.1) is 5.06 Å². The Labute approximate surface area is 185 Å². The number of hydroxylamine groups is 2. The van der Waals surface area contributed by atoms with Crippen LogP contribution in [0.2, 0.25) is 5.02 Å². The van der Waals surface area contributed by atoms with Gasteiger partial charge in [-0.2, -0.15) is 0 Å². The number of hydrogen-bond donors (Lipinski definition) is 2. The van der Waals surface area contributed by atoms with Gasteiger partial charge in [-0.3, -0.25) is 9.59 Å². The quantitative estimate of drug-likeness (QED) is 0.712. The zero-order valence-electron chi connectivity index (χ0n) is 17.1. The summed E-state index contributed by atoms with van der Waals surface area (Å²) in [5.41, 5.74) is 2.15. The van der Waals surface area contributed by atoms with Crippen molar-refractivity contribution in [3.8, 4) is 0 Å². The van der Waals surface area contributed by atoms with Crippen molar-refractivity contribution in [3.05, 3.63) is 88.1 Å². The predicted molar refractivity (Wildman–Crippen MR) is 118 cm³/mol. The summed E-state index contributed by atoms with van der Waals surface area (Å²) in [6.45, 7) is 3.07. The fourth-order valence-electron chi connectivity index (χ4n) is 3.23. The Hall–Kier alpha value is -3.58. The molecule has 1 atom stereocenters. The van der Waals surface area contributed by atoms with E-state index in [1.54, 1.807) is 31.2 Å². The van der Waals surface area contributed by atoms with Crippen LogP contribution in [0.5, 0.6) is 0 Å². The van der Waals surface area contributed by atoms with Gasteiger partial charge in [0.1, 0.15) is 6.04 Å². The maximum absolute atomic E-state index is 13.1. The standard InChI is InChI=1S/C23H22ClN3O4/c1-15-20(22(29)25-13-7-10-17-8-4-3-5-9-17)21(18-11-6-12-19(24)14-18)27(23(30)26-15)31-16(2)28/h3-12,14,21H,13H2,1-2H3,(H,25,29)(H,26,30). The topological polar surface area (TPSA) is 87.7 Å². The maximum Gasteiger partial charge on any atom is 0.355 e. The van der Waals surface area contributed by atoms with E-state index in [0.717, 1.165) is 10.6 Å². The molecule has 2 N–H and O–H groups in total. The first-order valence-electron chi connectivity index (χ1n) is 9.61. The van der Waals surface area contributed by atoms with Gasteiger partial charge in [-0.05, 0) is 30.2 Å². The Morgan fingerprint density at radius 1 is 1.19 bits per heavy atom. The molecule has 0 bridgehead atoms. The summed E-state index contributed by atoms with van der Waals surface area (Å²) in [4.78, 5) is 42.3. The average Bonchev–Trinajstić information content (AvgIpc) is 2.73. The van der Waals surface area contributed by atoms with E-state index in [2.05, 4.69) is 10.6 Å². The van der Waals surface area contributed by atoms with Gasteiger partial charge in [0.15, 0.2) is 0 Å². The number of halogens is 1. The normalized spacial score (nSPS) is 16.3. The molecule has 0 aliphatic carbocycles. The summed E-state index contributed by atoms with van der Waals surface area (Å²) in [6.07, 6.45) is 3.71. The lowest BCUT2D eigenvalue weighted by atomic mass is 9.94. The zero-order chi connectivity index (χ0) is 22.4. The molecular weight excluding hydrogens is 418 g/mol. The largest absolute Gasteiger partial charge is 0.355 e. The van der Waals surface area contributed by atoms with E-state index < -0.39 is 23.9 Å². The molecule has 1 aliphatic heterocycles. The maximum atomic E-state index is 13.1. The second kappa shape index (κ2) is 9.95. The van der Waals surface area contributed by atoms with Crippen molar-refractivity contribution in [1.29, 1.82) is 0 Å². The van der Waals surface area contributed by atoms with Crippen LogP contribution in [0, 0.1) is 0 Å². The Bertz CT molecular complexity index is 1050. The van der Waals surface area contributed by atoms with Crippen molar-refractivity contribution in [2.45, 2.75) is 19.9 Å². The van der Waals surface area contributed by atoms with Crippen molar-refractivity contribution < 1.29 is 19.2 Å². The van der Waals surface area contributed by atoms with E-state index in [1.165, 1.54) is 6.92 Å². The number of nitrogens with one attached hydrogen (secondary N) is 2. The molecule has 160 valence electrons. The number of allylic oxidation sites excluding steroid dienone is 1. The molecule has 0 fully saturated rings. The molecule has 2 aromatic carbocycles. The van der Waals surface area contributed by atoms with Crippen LogP contribution in [0.15, 0.2) is 71.9 Å². The van der Waals surface area contributed by atoms with Crippen molar-refractivity contribution in [1.82, 2.24) is 15.7 Å². The van der Waals surface area contributed by atoms with Crippen LogP contribution in [0.4, 0.5) is 4.79 Å². The van der Waals surface area contributed by atoms with Crippen molar-refractivity contribution in [2.75, 3.05) is 6.54 Å². The molecule has 3 rings (SSSR count). The Balaban J connectivity index is 1.87. The highest BCUT2D eigenvalue weighted by atomic mass is 35.5. The monoisotopic (exact) mass is 439 g/mol. The zero-order valence-corrected chi connectivity index (χ0v) is 17.8. The molecule has 1 unspecified atom stereocenters. The van der Waals surface area contributed by atoms with Crippen LogP contribution in [-0.4, -0.2) is 29.5 Å². The molecule has 0 aromatic heterocycles. The summed E-state index contributed by atoms with van der Waals surface area (Å²) in [5.74, 6) is -1.09. The van der Waals surface area contributed by atoms with Gasteiger partial charge < -0.3 is 15.5 Å². The van der Waals surface area contributed by atoms with Gasteiger partial charge in [-0.25, -0.2) is 4.79 Å². The summed E-state index contributed by atoms with van der Waals surface area (Å²) in [6, 6.07) is 14.8. The SMILES string of the molecule is CC(=O)ON1C(=O)NC(C)=C(C(=O)NCC=Cc2ccccc2)C1c1cccc(Cl)c1. The van der Waals surface area contributed by atoms with Crippen LogP contribution < -0.4 is 10.6 Å². The van der Waals surface area contributed by atoms with E-state index >= 15 is 0 Å². The first kappa shape index (κ1) is 22.1. The van der Waals surface area contributed by atoms with Crippen molar-refractivity contribution >= 4 is 35.6 Å². The minimum absolute atomic E-state index is 0.247. The van der Waals surface area contributed by atoms with Crippen LogP contribution in [-0.2, 0) is 14.4 Å². The molecule has 31 heavy (non-hydrogen) atoms. The number of urea groups is 1. The van der Waals surface area contributed by atoms with E-state index in [0.29, 0.717) is 16.3 Å². The summed E-state index contributed by atoms with van der Waals surface area (Å²) in [5, 5.41) is 6.68. The first-order chi connectivity index (χ1) is 14.9. The minimum Gasteiger partial charge on any atom is -0.349 e. The highest BCUT2D eigenvalue weighted by Crippen LogP contribution is 2.35. The van der Waals surface area contributed by atoms with Gasteiger partial charge >= 0.3 is 12.0 Å². The minimum atomic E-state index is -0.950. The Kier molecular flexibility index (Phi) is 7.10. The number of carbonyl (C=O) groups excluding carboxylic acids is 3. The third-order valence-corrected chi connectivity index (χ3v) is 4.77. The molecule has 8 heteroatoms. The van der Waals surface area contributed by atoms with Crippen LogP contribution in [0.3, 0.4) is 0 Å². The Morgan fingerprint density at radius 2 is 1.94 bits per heavy atom. The number of hydrogen-bond acceptors (Lipinski definition) is 4. The van der Waals surface area contributed by atoms with E-state index in [-0.39, 0.29) is 12.1 Å². The molecule has 3 amide bonds. The van der Waals surface area contributed by atoms with Gasteiger partial charge in [0, 0.05) is 24.2 Å². The Morgan fingerprint density at radius 3 is 2.61 bits per heavy atom. The van der Waals surface area contributed by atoms with Crippen LogP contribution in [0.25, 0.3) is 6.08 Å². The second-order valence-corrected chi connectivity index (χ2v) is 7.29. The molecule has 0 spiro atoms. The number of amides is 3. The molecule has 0 saturated carbocycles. The third kappa shape index (κ3) is 5.52. The number of carbonyl (C=O) groups is 3. The number of rotatable bonds is 6. The van der Waals surface area contributed by atoms with E-state index in [1.807, 2.05) is 42.5 Å². The molecule has 1 heterocycles. The van der Waals surface area contributed by atoms with Gasteiger partial charge in [0.2, 0.25) is 0 Å². The second-order valence-electron chi connectivity index (χ2n) is 6.86. The van der Waals surface area contributed by atoms with Crippen molar-refractivity contribution in [2.24, 2.45) is 0 Å². The number of benzene rings is 2. The van der Waals surface area contributed by atoms with Gasteiger partial charge in [0.25, 0.3) is 5.91 Å². The third-order valence-electron chi connectivity index (χ3n) is 4.53. The van der Waals surface area contributed by atoms with E-state index in [4.69, 9.17) is 16.4 Å². The fraction of sp³-hybridized carbons (Fsp3) is 0.174. The molecule has 7 nitrogen and oxygen atoms in total. The van der Waals surface area contributed by atoms with Crippen LogP contribution in [0.1, 0.15) is 31.0 Å². The molecule has 0 radical (unpaired) electrons. The predicted octanol–water partition coefficient (Wildman–Crippen LogP) is 3.99. The van der Waals surface area contributed by atoms with Gasteiger partial charge in [-0.1, -0.05) is 66.2 Å². The molecule has 1 aliphatic rings. The summed E-state index contributed by atoms with van der Waals surface area (Å²) in [7, 11) is 0. The lowest BCUT2D eigenvalue weighted by Gasteiger charge is -2.35. The lowest BCUT2D eigenvalue weighted by molar-refractivity contribution is -0.181. The molecule has 0 saturated heterocycles.